The molecular weight excluding hydrogens is 112 g/mol. The van der Waals surface area contributed by atoms with Crippen LogP contribution in [-0.2, 0) is 0 Å². The smallest absolute Gasteiger partial charge is 0.0321 e. The molecule has 0 aromatic heterocycles. The summed E-state index contributed by atoms with van der Waals surface area (Å²) in [6.45, 7) is 4.33. The van der Waals surface area contributed by atoms with Crippen molar-refractivity contribution in [2.24, 2.45) is 11.1 Å². The van der Waals surface area contributed by atoms with E-state index in [0.29, 0.717) is 5.41 Å². The van der Waals surface area contributed by atoms with E-state index in [0.717, 1.165) is 13.1 Å². The first-order valence-corrected chi connectivity index (χ1v) is 3.66. The van der Waals surface area contributed by atoms with Crippen LogP contribution in [0.15, 0.2) is 0 Å². The summed E-state index contributed by atoms with van der Waals surface area (Å²) in [7, 11) is 0. The maximum absolute atomic E-state index is 6.06. The van der Waals surface area contributed by atoms with E-state index < -0.39 is 0 Å². The monoisotopic (exact) mass is 126 g/mol. The van der Waals surface area contributed by atoms with Gasteiger partial charge in [-0.25, -0.2) is 0 Å². The first kappa shape index (κ1) is 5.69. The molecule has 1 aliphatic carbocycles. The van der Waals surface area contributed by atoms with Crippen molar-refractivity contribution in [3.63, 3.8) is 0 Å². The fraction of sp³-hybridized carbons (Fsp3) is 1.00. The number of hydrogen-bond acceptors (Lipinski definition) is 2. The van der Waals surface area contributed by atoms with Gasteiger partial charge in [-0.2, -0.15) is 0 Å². The lowest BCUT2D eigenvalue weighted by molar-refractivity contribution is 0.354. The summed E-state index contributed by atoms with van der Waals surface area (Å²) in [6, 6.07) is 0. The first-order valence-electron chi connectivity index (χ1n) is 3.66. The average molecular weight is 126 g/mol. The summed E-state index contributed by atoms with van der Waals surface area (Å²) < 4.78 is 0. The third-order valence-corrected chi connectivity index (χ3v) is 3.02. The molecule has 0 aromatic rings. The summed E-state index contributed by atoms with van der Waals surface area (Å²) in [4.78, 5) is 0. The SMILES string of the molecule is CC1(N)CNCC12CC2. The minimum absolute atomic E-state index is 0.0903. The highest BCUT2D eigenvalue weighted by Gasteiger charge is 2.57. The van der Waals surface area contributed by atoms with Crippen LogP contribution in [-0.4, -0.2) is 18.6 Å². The van der Waals surface area contributed by atoms with Gasteiger partial charge in [0.25, 0.3) is 0 Å². The van der Waals surface area contributed by atoms with Crippen LogP contribution in [0.25, 0.3) is 0 Å². The highest BCUT2D eigenvalue weighted by Crippen LogP contribution is 2.54. The zero-order valence-electron chi connectivity index (χ0n) is 5.91. The van der Waals surface area contributed by atoms with Crippen molar-refractivity contribution in [3.05, 3.63) is 0 Å². The van der Waals surface area contributed by atoms with Crippen LogP contribution in [0.1, 0.15) is 19.8 Å². The molecule has 1 heterocycles. The van der Waals surface area contributed by atoms with E-state index in [2.05, 4.69) is 12.2 Å². The molecule has 1 aliphatic heterocycles. The molecule has 1 saturated heterocycles. The molecule has 2 fully saturated rings. The van der Waals surface area contributed by atoms with E-state index in [4.69, 9.17) is 5.73 Å². The maximum atomic E-state index is 6.06. The van der Waals surface area contributed by atoms with E-state index >= 15 is 0 Å². The van der Waals surface area contributed by atoms with Gasteiger partial charge in [-0.15, -0.1) is 0 Å². The topological polar surface area (TPSA) is 38.0 Å². The van der Waals surface area contributed by atoms with Gasteiger partial charge >= 0.3 is 0 Å². The van der Waals surface area contributed by atoms with Crippen molar-refractivity contribution in [1.29, 1.82) is 0 Å². The van der Waals surface area contributed by atoms with Crippen molar-refractivity contribution in [1.82, 2.24) is 5.32 Å². The molecule has 0 aromatic carbocycles. The lowest BCUT2D eigenvalue weighted by Crippen LogP contribution is -2.45. The van der Waals surface area contributed by atoms with Crippen molar-refractivity contribution < 1.29 is 0 Å². The zero-order chi connectivity index (χ0) is 6.54. The number of nitrogens with one attached hydrogen (secondary N) is 1. The third kappa shape index (κ3) is 0.578. The predicted octanol–water partition coefficient (Wildman–Crippen LogP) is 0.0872. The second kappa shape index (κ2) is 1.32. The maximum Gasteiger partial charge on any atom is 0.0321 e. The van der Waals surface area contributed by atoms with Gasteiger partial charge in [0.2, 0.25) is 0 Å². The Morgan fingerprint density at radius 2 is 2.00 bits per heavy atom. The van der Waals surface area contributed by atoms with Crippen LogP contribution >= 0.6 is 0 Å². The molecule has 0 bridgehead atoms. The van der Waals surface area contributed by atoms with Gasteiger partial charge in [-0.1, -0.05) is 0 Å². The van der Waals surface area contributed by atoms with E-state index in [1.807, 2.05) is 0 Å². The Kier molecular flexibility index (Phi) is 0.837. The summed E-state index contributed by atoms with van der Waals surface area (Å²) in [5.74, 6) is 0. The van der Waals surface area contributed by atoms with Crippen LogP contribution in [0.5, 0.6) is 0 Å². The number of nitrogens with two attached hydrogens (primary N) is 1. The highest BCUT2D eigenvalue weighted by molar-refractivity contribution is 5.15. The molecule has 0 amide bonds. The second-order valence-electron chi connectivity index (χ2n) is 3.80. The fourth-order valence-corrected chi connectivity index (χ4v) is 1.85. The van der Waals surface area contributed by atoms with Crippen molar-refractivity contribution in [2.75, 3.05) is 13.1 Å². The fourth-order valence-electron chi connectivity index (χ4n) is 1.85. The van der Waals surface area contributed by atoms with Crippen LogP contribution in [0.4, 0.5) is 0 Å². The van der Waals surface area contributed by atoms with Crippen molar-refractivity contribution in [2.45, 2.75) is 25.3 Å². The molecule has 2 aliphatic rings. The molecular formula is C7H14N2. The Labute approximate surface area is 55.8 Å². The second-order valence-corrected chi connectivity index (χ2v) is 3.80. The number of rotatable bonds is 0. The summed E-state index contributed by atoms with van der Waals surface area (Å²) >= 11 is 0. The van der Waals surface area contributed by atoms with E-state index in [1.165, 1.54) is 12.8 Å². The Hall–Kier alpha value is -0.0800. The molecule has 9 heavy (non-hydrogen) atoms. The molecule has 2 heteroatoms. The summed E-state index contributed by atoms with van der Waals surface area (Å²) in [5, 5.41) is 3.34. The molecule has 1 saturated carbocycles. The lowest BCUT2D eigenvalue weighted by Gasteiger charge is -2.24. The molecule has 3 N–H and O–H groups in total. The molecule has 1 atom stereocenters. The van der Waals surface area contributed by atoms with E-state index in [1.54, 1.807) is 0 Å². The van der Waals surface area contributed by atoms with Gasteiger partial charge in [0.05, 0.1) is 0 Å². The van der Waals surface area contributed by atoms with E-state index in [9.17, 15) is 0 Å². The minimum atomic E-state index is 0.0903. The van der Waals surface area contributed by atoms with Gasteiger partial charge in [-0.05, 0) is 19.8 Å². The zero-order valence-corrected chi connectivity index (χ0v) is 5.91. The molecule has 1 spiro atoms. The van der Waals surface area contributed by atoms with Crippen LogP contribution in [0, 0.1) is 5.41 Å². The van der Waals surface area contributed by atoms with Crippen LogP contribution < -0.4 is 11.1 Å². The third-order valence-electron chi connectivity index (χ3n) is 3.02. The molecule has 2 rings (SSSR count). The minimum Gasteiger partial charge on any atom is -0.324 e. The van der Waals surface area contributed by atoms with Gasteiger partial charge in [0, 0.05) is 24.0 Å². The Bertz CT molecular complexity index is 132. The largest absolute Gasteiger partial charge is 0.324 e. The predicted molar refractivity (Wildman–Crippen MR) is 37.1 cm³/mol. The molecule has 0 radical (unpaired) electrons. The van der Waals surface area contributed by atoms with Gasteiger partial charge < -0.3 is 11.1 Å². The normalized spacial score (nSPS) is 46.0. The highest BCUT2D eigenvalue weighted by atomic mass is 15.1. The standard InChI is InChI=1S/C7H14N2/c1-6(8)4-9-5-7(6)2-3-7/h9H,2-5,8H2,1H3. The van der Waals surface area contributed by atoms with Gasteiger partial charge in [0.1, 0.15) is 0 Å². The van der Waals surface area contributed by atoms with Crippen molar-refractivity contribution in [3.8, 4) is 0 Å². The summed E-state index contributed by atoms with van der Waals surface area (Å²) in [6.07, 6.45) is 2.68. The quantitative estimate of drug-likeness (QED) is 0.482. The Morgan fingerprint density at radius 3 is 2.22 bits per heavy atom. The summed E-state index contributed by atoms with van der Waals surface area (Å²) in [5.41, 5.74) is 6.65. The van der Waals surface area contributed by atoms with Gasteiger partial charge in [0.15, 0.2) is 0 Å². The Morgan fingerprint density at radius 1 is 1.33 bits per heavy atom. The van der Waals surface area contributed by atoms with Gasteiger partial charge in [-0.3, -0.25) is 0 Å². The first-order chi connectivity index (χ1) is 4.16. The number of hydrogen-bond donors (Lipinski definition) is 2. The molecule has 52 valence electrons. The molecule has 1 unspecified atom stereocenters. The average Bonchev–Trinajstić information content (AvgIpc) is 2.41. The molecule has 2 nitrogen and oxygen atoms in total. The van der Waals surface area contributed by atoms with Crippen LogP contribution in [0.2, 0.25) is 0 Å². The van der Waals surface area contributed by atoms with Crippen molar-refractivity contribution >= 4 is 0 Å². The lowest BCUT2D eigenvalue weighted by atomic mass is 9.87. The van der Waals surface area contributed by atoms with Crippen LogP contribution in [0.3, 0.4) is 0 Å². The Balaban J connectivity index is 2.23. The van der Waals surface area contributed by atoms with E-state index in [-0.39, 0.29) is 5.54 Å².